The molecule has 0 aliphatic carbocycles. The van der Waals surface area contributed by atoms with Crippen molar-refractivity contribution in [2.45, 2.75) is 13.5 Å². The molecule has 2 rings (SSSR count). The Kier molecular flexibility index (Phi) is 4.56. The molecule has 2 aromatic rings. The average molecular weight is 332 g/mol. The van der Waals surface area contributed by atoms with Crippen LogP contribution in [-0.4, -0.2) is 37.2 Å². The smallest absolute Gasteiger partial charge is 0.338 e. The summed E-state index contributed by atoms with van der Waals surface area (Å²) < 4.78 is 0. The number of carbonyl (C=O) groups is 2. The van der Waals surface area contributed by atoms with Crippen molar-refractivity contribution in [3.8, 4) is 11.1 Å². The number of hydrogen-bond donors (Lipinski definition) is 3. The maximum Gasteiger partial charge on any atom is 0.338 e. The third kappa shape index (κ3) is 2.92. The van der Waals surface area contributed by atoms with Gasteiger partial charge in [0.1, 0.15) is 0 Å². The van der Waals surface area contributed by atoms with Gasteiger partial charge in [-0.2, -0.15) is 0 Å². The SMILES string of the molecule is Cc1nc(CO)c(C(=O)O)c(-c2cccc([N+](=O)[O-])c2)c1C(=O)O. The minimum Gasteiger partial charge on any atom is -0.478 e. The van der Waals surface area contributed by atoms with E-state index in [4.69, 9.17) is 0 Å². The van der Waals surface area contributed by atoms with Gasteiger partial charge in [-0.3, -0.25) is 15.1 Å². The van der Waals surface area contributed by atoms with Crippen LogP contribution >= 0.6 is 0 Å². The summed E-state index contributed by atoms with van der Waals surface area (Å²) in [5, 5.41) is 39.2. The Morgan fingerprint density at radius 2 is 1.83 bits per heavy atom. The van der Waals surface area contributed by atoms with Crippen LogP contribution in [0.25, 0.3) is 11.1 Å². The minimum atomic E-state index is -1.49. The lowest BCUT2D eigenvalue weighted by molar-refractivity contribution is -0.384. The molecule has 0 fully saturated rings. The number of aryl methyl sites for hydroxylation is 1. The quantitative estimate of drug-likeness (QED) is 0.554. The van der Waals surface area contributed by atoms with Crippen molar-refractivity contribution in [3.63, 3.8) is 0 Å². The van der Waals surface area contributed by atoms with Crippen molar-refractivity contribution >= 4 is 17.6 Å². The molecule has 1 aromatic heterocycles. The summed E-state index contributed by atoms with van der Waals surface area (Å²) in [4.78, 5) is 37.3. The van der Waals surface area contributed by atoms with Crippen LogP contribution < -0.4 is 0 Å². The molecule has 0 atom stereocenters. The highest BCUT2D eigenvalue weighted by atomic mass is 16.6. The molecule has 24 heavy (non-hydrogen) atoms. The van der Waals surface area contributed by atoms with E-state index < -0.39 is 29.0 Å². The zero-order valence-electron chi connectivity index (χ0n) is 12.4. The topological polar surface area (TPSA) is 151 Å². The van der Waals surface area contributed by atoms with E-state index in [2.05, 4.69) is 4.98 Å². The van der Waals surface area contributed by atoms with Gasteiger partial charge in [-0.15, -0.1) is 0 Å². The Balaban J connectivity index is 2.96. The summed E-state index contributed by atoms with van der Waals surface area (Å²) in [5.41, 5.74) is -1.61. The highest BCUT2D eigenvalue weighted by molar-refractivity contribution is 6.06. The van der Waals surface area contributed by atoms with E-state index in [-0.39, 0.29) is 33.8 Å². The van der Waals surface area contributed by atoms with Crippen LogP contribution in [0.5, 0.6) is 0 Å². The fraction of sp³-hybridized carbons (Fsp3) is 0.133. The monoisotopic (exact) mass is 332 g/mol. The number of carboxylic acid groups (broad SMARTS) is 2. The molecule has 0 bridgehead atoms. The molecule has 0 amide bonds. The minimum absolute atomic E-state index is 0.00180. The normalized spacial score (nSPS) is 10.4. The summed E-state index contributed by atoms with van der Waals surface area (Å²) in [6, 6.07) is 4.96. The van der Waals surface area contributed by atoms with Crippen molar-refractivity contribution in [1.29, 1.82) is 0 Å². The number of pyridine rings is 1. The fourth-order valence-electron chi connectivity index (χ4n) is 2.43. The van der Waals surface area contributed by atoms with E-state index in [1.165, 1.54) is 25.1 Å². The molecule has 1 aromatic carbocycles. The maximum absolute atomic E-state index is 11.6. The number of nitro groups is 1. The molecule has 9 heteroatoms. The number of aliphatic hydroxyl groups is 1. The average Bonchev–Trinajstić information content (AvgIpc) is 2.52. The number of non-ortho nitro benzene ring substituents is 1. The van der Waals surface area contributed by atoms with Crippen molar-refractivity contribution in [1.82, 2.24) is 4.98 Å². The van der Waals surface area contributed by atoms with E-state index >= 15 is 0 Å². The second-order valence-electron chi connectivity index (χ2n) is 4.84. The van der Waals surface area contributed by atoms with Gasteiger partial charge in [0.2, 0.25) is 0 Å². The van der Waals surface area contributed by atoms with Crippen molar-refractivity contribution in [2.75, 3.05) is 0 Å². The molecule has 1 heterocycles. The van der Waals surface area contributed by atoms with Crippen LogP contribution in [0.4, 0.5) is 5.69 Å². The second-order valence-corrected chi connectivity index (χ2v) is 4.84. The fourth-order valence-corrected chi connectivity index (χ4v) is 2.43. The number of rotatable bonds is 5. The third-order valence-electron chi connectivity index (χ3n) is 3.38. The Hall–Kier alpha value is -3.33. The number of benzene rings is 1. The van der Waals surface area contributed by atoms with E-state index in [1.54, 1.807) is 0 Å². The summed E-state index contributed by atoms with van der Waals surface area (Å²) in [5.74, 6) is -2.91. The predicted molar refractivity (Wildman–Crippen MR) is 80.9 cm³/mol. The number of carboxylic acids is 2. The predicted octanol–water partition coefficient (Wildman–Crippen LogP) is 1.85. The zero-order valence-corrected chi connectivity index (χ0v) is 12.4. The van der Waals surface area contributed by atoms with E-state index in [1.807, 2.05) is 0 Å². The standard InChI is InChI=1S/C15H12N2O7/c1-7-11(14(19)20)12(13(15(21)22)10(6-18)16-7)8-3-2-4-9(5-8)17(23)24/h2-5,18H,6H2,1H3,(H,19,20)(H,21,22). The van der Waals surface area contributed by atoms with Gasteiger partial charge in [0, 0.05) is 17.7 Å². The third-order valence-corrected chi connectivity index (χ3v) is 3.38. The van der Waals surface area contributed by atoms with Crippen LogP contribution in [0, 0.1) is 17.0 Å². The van der Waals surface area contributed by atoms with Crippen molar-refractivity contribution in [3.05, 3.63) is 56.9 Å². The first kappa shape index (κ1) is 17.0. The van der Waals surface area contributed by atoms with Crippen LogP contribution in [-0.2, 0) is 6.61 Å². The first-order chi connectivity index (χ1) is 11.3. The molecule has 9 nitrogen and oxygen atoms in total. The van der Waals surface area contributed by atoms with E-state index in [0.717, 1.165) is 6.07 Å². The molecule has 0 aliphatic rings. The molecule has 0 unspecified atom stereocenters. The first-order valence-electron chi connectivity index (χ1n) is 6.63. The van der Waals surface area contributed by atoms with E-state index in [9.17, 15) is 35.0 Å². The molecule has 0 saturated heterocycles. The van der Waals surface area contributed by atoms with Gasteiger partial charge < -0.3 is 15.3 Å². The number of aromatic carboxylic acids is 2. The molecule has 0 saturated carbocycles. The lowest BCUT2D eigenvalue weighted by atomic mass is 9.92. The van der Waals surface area contributed by atoms with Gasteiger partial charge in [-0.25, -0.2) is 9.59 Å². The Labute approximate surface area is 135 Å². The molecule has 0 spiro atoms. The number of nitrogens with zero attached hydrogens (tertiary/aromatic N) is 2. The maximum atomic E-state index is 11.6. The summed E-state index contributed by atoms with van der Waals surface area (Å²) in [7, 11) is 0. The molecular formula is C15H12N2O7. The van der Waals surface area contributed by atoms with Gasteiger partial charge in [-0.05, 0) is 12.5 Å². The Morgan fingerprint density at radius 3 is 2.33 bits per heavy atom. The van der Waals surface area contributed by atoms with Crippen molar-refractivity contribution in [2.24, 2.45) is 0 Å². The Bertz CT molecular complexity index is 861. The number of nitro benzene ring substituents is 1. The number of aliphatic hydroxyl groups excluding tert-OH is 1. The van der Waals surface area contributed by atoms with Crippen LogP contribution in [0.15, 0.2) is 24.3 Å². The highest BCUT2D eigenvalue weighted by Gasteiger charge is 2.27. The first-order valence-corrected chi connectivity index (χ1v) is 6.63. The zero-order chi connectivity index (χ0) is 18.0. The van der Waals surface area contributed by atoms with Gasteiger partial charge in [0.05, 0.1) is 34.0 Å². The molecular weight excluding hydrogens is 320 g/mol. The van der Waals surface area contributed by atoms with Crippen LogP contribution in [0.3, 0.4) is 0 Å². The summed E-state index contributed by atoms with van der Waals surface area (Å²) in [6.45, 7) is 0.638. The van der Waals surface area contributed by atoms with Crippen molar-refractivity contribution < 1.29 is 29.8 Å². The molecule has 124 valence electrons. The second kappa shape index (κ2) is 6.42. The largest absolute Gasteiger partial charge is 0.478 e. The van der Waals surface area contributed by atoms with Gasteiger partial charge in [0.25, 0.3) is 5.69 Å². The van der Waals surface area contributed by atoms with Gasteiger partial charge in [0.15, 0.2) is 0 Å². The number of hydrogen-bond acceptors (Lipinski definition) is 6. The summed E-state index contributed by atoms with van der Waals surface area (Å²) >= 11 is 0. The molecule has 3 N–H and O–H groups in total. The molecule has 0 aliphatic heterocycles. The van der Waals surface area contributed by atoms with E-state index in [0.29, 0.717) is 0 Å². The lowest BCUT2D eigenvalue weighted by Gasteiger charge is -2.15. The highest BCUT2D eigenvalue weighted by Crippen LogP contribution is 2.33. The van der Waals surface area contributed by atoms with Crippen LogP contribution in [0.1, 0.15) is 32.1 Å². The van der Waals surface area contributed by atoms with Gasteiger partial charge >= 0.3 is 11.9 Å². The number of aromatic nitrogens is 1. The van der Waals surface area contributed by atoms with Crippen LogP contribution in [0.2, 0.25) is 0 Å². The van der Waals surface area contributed by atoms with Gasteiger partial charge in [-0.1, -0.05) is 12.1 Å². The summed E-state index contributed by atoms with van der Waals surface area (Å²) in [6.07, 6.45) is 0. The molecule has 0 radical (unpaired) electrons. The lowest BCUT2D eigenvalue weighted by Crippen LogP contribution is -2.15. The Morgan fingerprint density at radius 1 is 1.21 bits per heavy atom.